The molecule has 0 aliphatic rings. The summed E-state index contributed by atoms with van der Waals surface area (Å²) in [6.45, 7) is 8.32. The fourth-order valence-corrected chi connectivity index (χ4v) is 3.83. The molecule has 2 amide bonds. The van der Waals surface area contributed by atoms with Gasteiger partial charge in [0.25, 0.3) is 0 Å². The summed E-state index contributed by atoms with van der Waals surface area (Å²) >= 11 is 1.59. The summed E-state index contributed by atoms with van der Waals surface area (Å²) in [5.74, 6) is 1.01. The predicted molar refractivity (Wildman–Crippen MR) is 122 cm³/mol. The van der Waals surface area contributed by atoms with Crippen LogP contribution in [0.5, 0.6) is 0 Å². The van der Waals surface area contributed by atoms with E-state index in [9.17, 15) is 9.59 Å². The van der Waals surface area contributed by atoms with E-state index in [-0.39, 0.29) is 17.9 Å². The maximum atomic E-state index is 13.0. The lowest BCUT2D eigenvalue weighted by molar-refractivity contribution is -0.138. The molecule has 5 heteroatoms. The molecule has 29 heavy (non-hydrogen) atoms. The number of hydrogen-bond acceptors (Lipinski definition) is 3. The number of carbonyl (C=O) groups is 2. The Morgan fingerprint density at radius 1 is 1.03 bits per heavy atom. The number of nitrogens with zero attached hydrogens (tertiary/aromatic N) is 1. The molecule has 2 aromatic rings. The van der Waals surface area contributed by atoms with Gasteiger partial charge in [0.2, 0.25) is 11.8 Å². The van der Waals surface area contributed by atoms with Crippen LogP contribution < -0.4 is 5.32 Å². The molecule has 0 saturated carbocycles. The van der Waals surface area contributed by atoms with Crippen molar-refractivity contribution in [2.75, 3.05) is 5.75 Å². The fourth-order valence-electron chi connectivity index (χ4n) is 2.97. The minimum absolute atomic E-state index is 0.0155. The van der Waals surface area contributed by atoms with Crippen LogP contribution in [0.2, 0.25) is 0 Å². The zero-order chi connectivity index (χ0) is 21.2. The summed E-state index contributed by atoms with van der Waals surface area (Å²) in [6, 6.07) is 17.7. The molecule has 156 valence electrons. The molecule has 2 aromatic carbocycles. The zero-order valence-electron chi connectivity index (χ0n) is 17.9. The first kappa shape index (κ1) is 23.0. The highest BCUT2D eigenvalue weighted by atomic mass is 32.2. The van der Waals surface area contributed by atoms with Crippen molar-refractivity contribution in [3.8, 4) is 0 Å². The molecule has 2 rings (SSSR count). The van der Waals surface area contributed by atoms with E-state index in [1.807, 2.05) is 57.2 Å². The average Bonchev–Trinajstić information content (AvgIpc) is 2.72. The molecule has 0 radical (unpaired) electrons. The third-order valence-electron chi connectivity index (χ3n) is 4.94. The number of rotatable bonds is 10. The van der Waals surface area contributed by atoms with Gasteiger partial charge in [0.1, 0.15) is 6.04 Å². The molecule has 0 bridgehead atoms. The van der Waals surface area contributed by atoms with Gasteiger partial charge in [-0.1, -0.05) is 67.1 Å². The topological polar surface area (TPSA) is 49.4 Å². The van der Waals surface area contributed by atoms with E-state index in [0.29, 0.717) is 12.3 Å². The highest BCUT2D eigenvalue weighted by molar-refractivity contribution is 7.99. The van der Waals surface area contributed by atoms with Gasteiger partial charge in [-0.2, -0.15) is 0 Å². The Bertz CT molecular complexity index is 794. The number of nitrogens with one attached hydrogen (secondary N) is 1. The van der Waals surface area contributed by atoms with Crippen molar-refractivity contribution in [1.29, 1.82) is 0 Å². The summed E-state index contributed by atoms with van der Waals surface area (Å²) < 4.78 is 0. The Morgan fingerprint density at radius 3 is 2.38 bits per heavy atom. The Hall–Kier alpha value is -2.27. The predicted octanol–water partition coefficient (Wildman–Crippen LogP) is 4.56. The molecule has 2 atom stereocenters. The normalized spacial score (nSPS) is 12.8. The lowest BCUT2D eigenvalue weighted by Gasteiger charge is -2.29. The first-order valence-electron chi connectivity index (χ1n) is 10.2. The van der Waals surface area contributed by atoms with Crippen LogP contribution in [0, 0.1) is 6.92 Å². The van der Waals surface area contributed by atoms with Gasteiger partial charge >= 0.3 is 0 Å². The van der Waals surface area contributed by atoms with Gasteiger partial charge in [-0.25, -0.2) is 0 Å². The second-order valence-corrected chi connectivity index (χ2v) is 8.47. The van der Waals surface area contributed by atoms with E-state index < -0.39 is 6.04 Å². The van der Waals surface area contributed by atoms with Gasteiger partial charge in [0.05, 0.1) is 5.75 Å². The lowest BCUT2D eigenvalue weighted by Crippen LogP contribution is -2.50. The first-order chi connectivity index (χ1) is 13.9. The summed E-state index contributed by atoms with van der Waals surface area (Å²) in [5, 5.41) is 3.00. The summed E-state index contributed by atoms with van der Waals surface area (Å²) in [4.78, 5) is 27.4. The van der Waals surface area contributed by atoms with E-state index in [0.717, 1.165) is 17.7 Å². The molecule has 0 aliphatic carbocycles. The molecule has 0 aromatic heterocycles. The van der Waals surface area contributed by atoms with Crippen molar-refractivity contribution in [2.45, 2.75) is 58.5 Å². The molecule has 0 heterocycles. The SMILES string of the molecule is CCC(C)NC(=O)C(C)N(Cc1ccccc1)C(=O)CSCc1cccc(C)c1. The Morgan fingerprint density at radius 2 is 1.72 bits per heavy atom. The first-order valence-corrected chi connectivity index (χ1v) is 11.3. The summed E-state index contributed by atoms with van der Waals surface area (Å²) in [7, 11) is 0. The van der Waals surface area contributed by atoms with Gasteiger partial charge in [-0.15, -0.1) is 11.8 Å². The van der Waals surface area contributed by atoms with E-state index in [2.05, 4.69) is 30.4 Å². The molecule has 0 aliphatic heterocycles. The van der Waals surface area contributed by atoms with Crippen molar-refractivity contribution in [3.05, 3.63) is 71.3 Å². The van der Waals surface area contributed by atoms with Crippen molar-refractivity contribution in [2.24, 2.45) is 0 Å². The van der Waals surface area contributed by atoms with E-state index in [1.54, 1.807) is 16.7 Å². The molecule has 0 spiro atoms. The number of aryl methyl sites for hydroxylation is 1. The van der Waals surface area contributed by atoms with Crippen LogP contribution in [0.15, 0.2) is 54.6 Å². The van der Waals surface area contributed by atoms with E-state index in [4.69, 9.17) is 0 Å². The second-order valence-electron chi connectivity index (χ2n) is 7.48. The quantitative estimate of drug-likeness (QED) is 0.622. The standard InChI is InChI=1S/C24H32N2O2S/c1-5-19(3)25-24(28)20(4)26(15-21-11-7-6-8-12-21)23(27)17-29-16-22-13-9-10-18(2)14-22/h6-14,19-20H,5,15-17H2,1-4H3,(H,25,28). The van der Waals surface area contributed by atoms with Crippen molar-refractivity contribution >= 4 is 23.6 Å². The van der Waals surface area contributed by atoms with Crippen LogP contribution in [0.4, 0.5) is 0 Å². The largest absolute Gasteiger partial charge is 0.352 e. The molecule has 4 nitrogen and oxygen atoms in total. The summed E-state index contributed by atoms with van der Waals surface area (Å²) in [5.41, 5.74) is 3.45. The summed E-state index contributed by atoms with van der Waals surface area (Å²) in [6.07, 6.45) is 0.859. The highest BCUT2D eigenvalue weighted by Gasteiger charge is 2.26. The molecule has 2 unspecified atom stereocenters. The van der Waals surface area contributed by atoms with E-state index in [1.165, 1.54) is 11.1 Å². The minimum atomic E-state index is -0.517. The Labute approximate surface area is 179 Å². The Kier molecular flexibility index (Phi) is 9.26. The minimum Gasteiger partial charge on any atom is -0.352 e. The average molecular weight is 413 g/mol. The van der Waals surface area contributed by atoms with Crippen LogP contribution in [0.3, 0.4) is 0 Å². The number of amides is 2. The van der Waals surface area contributed by atoms with Gasteiger partial charge in [0.15, 0.2) is 0 Å². The second kappa shape index (κ2) is 11.7. The maximum Gasteiger partial charge on any atom is 0.242 e. The van der Waals surface area contributed by atoms with Crippen LogP contribution in [-0.4, -0.2) is 34.6 Å². The van der Waals surface area contributed by atoms with Crippen LogP contribution in [-0.2, 0) is 21.9 Å². The molecule has 0 saturated heterocycles. The molecular weight excluding hydrogens is 380 g/mol. The third-order valence-corrected chi connectivity index (χ3v) is 5.93. The fraction of sp³-hybridized carbons (Fsp3) is 0.417. The van der Waals surface area contributed by atoms with Crippen molar-refractivity contribution < 1.29 is 9.59 Å². The monoisotopic (exact) mass is 412 g/mol. The number of carbonyl (C=O) groups excluding carboxylic acids is 2. The Balaban J connectivity index is 2.04. The number of benzene rings is 2. The number of hydrogen-bond donors (Lipinski definition) is 1. The van der Waals surface area contributed by atoms with Crippen molar-refractivity contribution in [1.82, 2.24) is 10.2 Å². The van der Waals surface area contributed by atoms with Crippen LogP contribution in [0.1, 0.15) is 43.9 Å². The van der Waals surface area contributed by atoms with Crippen LogP contribution in [0.25, 0.3) is 0 Å². The highest BCUT2D eigenvalue weighted by Crippen LogP contribution is 2.17. The lowest BCUT2D eigenvalue weighted by atomic mass is 10.1. The molecular formula is C24H32N2O2S. The maximum absolute atomic E-state index is 13.0. The van der Waals surface area contributed by atoms with Gasteiger partial charge in [0, 0.05) is 18.3 Å². The molecule has 0 fully saturated rings. The van der Waals surface area contributed by atoms with Crippen LogP contribution >= 0.6 is 11.8 Å². The van der Waals surface area contributed by atoms with Gasteiger partial charge < -0.3 is 10.2 Å². The van der Waals surface area contributed by atoms with Gasteiger partial charge in [-0.3, -0.25) is 9.59 Å². The smallest absolute Gasteiger partial charge is 0.242 e. The third kappa shape index (κ3) is 7.58. The van der Waals surface area contributed by atoms with E-state index >= 15 is 0 Å². The van der Waals surface area contributed by atoms with Gasteiger partial charge in [-0.05, 0) is 38.3 Å². The molecule has 1 N–H and O–H groups in total. The zero-order valence-corrected chi connectivity index (χ0v) is 18.7. The van der Waals surface area contributed by atoms with Crippen molar-refractivity contribution in [3.63, 3.8) is 0 Å². The number of thioether (sulfide) groups is 1.